The molecule has 180 valence electrons. The van der Waals surface area contributed by atoms with Gasteiger partial charge in [0.05, 0.1) is 21.5 Å². The van der Waals surface area contributed by atoms with E-state index in [1.165, 1.54) is 13.2 Å². The number of ether oxygens (including phenoxy) is 3. The molecule has 0 aliphatic heterocycles. The lowest BCUT2D eigenvalue weighted by atomic mass is 10.1. The van der Waals surface area contributed by atoms with Crippen LogP contribution in [0.4, 0.5) is 0 Å². The van der Waals surface area contributed by atoms with Crippen LogP contribution in [0.5, 0.6) is 0 Å². The van der Waals surface area contributed by atoms with E-state index in [-0.39, 0.29) is 40.1 Å². The Morgan fingerprint density at radius 2 is 1.82 bits per heavy atom. The molecule has 1 aliphatic rings. The zero-order valence-electron chi connectivity index (χ0n) is 18.8. The zero-order valence-corrected chi connectivity index (χ0v) is 21.8. The van der Waals surface area contributed by atoms with E-state index in [4.69, 9.17) is 65.5 Å². The first-order chi connectivity index (χ1) is 15.6. The van der Waals surface area contributed by atoms with Gasteiger partial charge in [-0.25, -0.2) is 0 Å². The molecule has 33 heavy (non-hydrogen) atoms. The molecule has 0 saturated heterocycles. The highest BCUT2D eigenvalue weighted by Crippen LogP contribution is 2.24. The Morgan fingerprint density at radius 1 is 1.09 bits per heavy atom. The summed E-state index contributed by atoms with van der Waals surface area (Å²) in [7, 11) is 1.52. The van der Waals surface area contributed by atoms with Crippen LogP contribution in [0.25, 0.3) is 0 Å². The fraction of sp³-hybridized carbons (Fsp3) is 0.292. The van der Waals surface area contributed by atoms with Crippen LogP contribution in [0.15, 0.2) is 97.7 Å². The van der Waals surface area contributed by atoms with E-state index < -0.39 is 0 Å². The first kappa shape index (κ1) is 29.0. The predicted molar refractivity (Wildman–Crippen MR) is 138 cm³/mol. The van der Waals surface area contributed by atoms with Crippen molar-refractivity contribution in [2.75, 3.05) is 26.9 Å². The van der Waals surface area contributed by atoms with Crippen molar-refractivity contribution in [2.45, 2.75) is 20.3 Å². The van der Waals surface area contributed by atoms with Gasteiger partial charge in [0, 0.05) is 0 Å². The normalized spacial score (nSPS) is 14.9. The Hall–Kier alpha value is -2.05. The summed E-state index contributed by atoms with van der Waals surface area (Å²) in [6.45, 7) is 11.8. The van der Waals surface area contributed by atoms with Gasteiger partial charge >= 0.3 is 0 Å². The molecule has 0 fully saturated rings. The average Bonchev–Trinajstić information content (AvgIpc) is 2.97. The molecule has 0 radical (unpaired) electrons. The maximum Gasteiger partial charge on any atom is 0.156 e. The molecular formula is C24H27Cl4NO4. The van der Waals surface area contributed by atoms with Crippen LogP contribution in [-0.2, 0) is 19.0 Å². The van der Waals surface area contributed by atoms with E-state index in [9.17, 15) is 0 Å². The number of rotatable bonds is 13. The van der Waals surface area contributed by atoms with Gasteiger partial charge in [-0.15, -0.1) is 0 Å². The van der Waals surface area contributed by atoms with Crippen molar-refractivity contribution in [1.29, 1.82) is 0 Å². The fourth-order valence-corrected chi connectivity index (χ4v) is 3.02. The van der Waals surface area contributed by atoms with Gasteiger partial charge in [-0.05, 0) is 55.7 Å². The SMILES string of the molecule is C=C(COC1=CC=C(/C(C)=N/OC)CC=C1)CO/C(C(=C)Cl)=C(Cl)/C=C(\C)OCC=C(Cl)Cl. The Kier molecular flexibility index (Phi) is 13.8. The average molecular weight is 535 g/mol. The van der Waals surface area contributed by atoms with Crippen molar-refractivity contribution in [3.63, 3.8) is 0 Å². The van der Waals surface area contributed by atoms with Gasteiger partial charge in [0.15, 0.2) is 5.76 Å². The monoisotopic (exact) mass is 533 g/mol. The van der Waals surface area contributed by atoms with Crippen LogP contribution in [-0.4, -0.2) is 32.6 Å². The van der Waals surface area contributed by atoms with E-state index >= 15 is 0 Å². The van der Waals surface area contributed by atoms with Crippen LogP contribution >= 0.6 is 46.4 Å². The Bertz CT molecular complexity index is 936. The lowest BCUT2D eigenvalue weighted by Crippen LogP contribution is -2.05. The number of allylic oxidation sites excluding steroid dienone is 9. The molecule has 9 heteroatoms. The van der Waals surface area contributed by atoms with Gasteiger partial charge in [0.1, 0.15) is 37.2 Å². The van der Waals surface area contributed by atoms with Crippen molar-refractivity contribution >= 4 is 52.1 Å². The lowest BCUT2D eigenvalue weighted by molar-refractivity contribution is 0.206. The van der Waals surface area contributed by atoms with E-state index in [0.29, 0.717) is 17.1 Å². The highest BCUT2D eigenvalue weighted by molar-refractivity contribution is 6.55. The van der Waals surface area contributed by atoms with E-state index in [0.717, 1.165) is 17.7 Å². The molecule has 0 spiro atoms. The molecule has 0 aromatic carbocycles. The second-order valence-corrected chi connectivity index (χ2v) is 8.57. The summed E-state index contributed by atoms with van der Waals surface area (Å²) in [6, 6.07) is 0. The third-order valence-corrected chi connectivity index (χ3v) is 4.73. The zero-order chi connectivity index (χ0) is 24.8. The minimum Gasteiger partial charge on any atom is -0.494 e. The molecule has 5 nitrogen and oxygen atoms in total. The molecule has 0 unspecified atom stereocenters. The molecule has 0 aromatic rings. The number of hydrogen-bond acceptors (Lipinski definition) is 5. The van der Waals surface area contributed by atoms with E-state index in [2.05, 4.69) is 18.3 Å². The Labute approximate surface area is 215 Å². The van der Waals surface area contributed by atoms with Crippen LogP contribution in [0.2, 0.25) is 0 Å². The molecule has 1 aliphatic carbocycles. The number of nitrogens with zero attached hydrogens (tertiary/aromatic N) is 1. The van der Waals surface area contributed by atoms with Crippen molar-refractivity contribution in [3.8, 4) is 0 Å². The van der Waals surface area contributed by atoms with E-state index in [1.54, 1.807) is 13.0 Å². The van der Waals surface area contributed by atoms with Gasteiger partial charge in [-0.2, -0.15) is 0 Å². The summed E-state index contributed by atoms with van der Waals surface area (Å²) in [5.74, 6) is 1.41. The topological polar surface area (TPSA) is 49.3 Å². The Balaban J connectivity index is 2.69. The highest BCUT2D eigenvalue weighted by Gasteiger charge is 2.10. The molecule has 0 N–H and O–H groups in total. The third-order valence-electron chi connectivity index (χ3n) is 3.97. The maximum atomic E-state index is 6.32. The lowest BCUT2D eigenvalue weighted by Gasteiger charge is -2.13. The maximum absolute atomic E-state index is 6.32. The molecule has 0 bridgehead atoms. The largest absolute Gasteiger partial charge is 0.494 e. The van der Waals surface area contributed by atoms with Gasteiger partial charge < -0.3 is 19.0 Å². The summed E-state index contributed by atoms with van der Waals surface area (Å²) in [5.41, 5.74) is 2.52. The Morgan fingerprint density at radius 3 is 2.45 bits per heavy atom. The summed E-state index contributed by atoms with van der Waals surface area (Å²) in [6.07, 6.45) is 11.5. The van der Waals surface area contributed by atoms with Crippen LogP contribution in [0.3, 0.4) is 0 Å². The first-order valence-electron chi connectivity index (χ1n) is 9.78. The van der Waals surface area contributed by atoms with Gasteiger partial charge in [-0.3, -0.25) is 0 Å². The van der Waals surface area contributed by atoms with Crippen molar-refractivity contribution in [1.82, 2.24) is 0 Å². The minimum absolute atomic E-state index is 0.116. The van der Waals surface area contributed by atoms with Gasteiger partial charge in [0.2, 0.25) is 0 Å². The molecule has 0 heterocycles. The smallest absolute Gasteiger partial charge is 0.156 e. The predicted octanol–water partition coefficient (Wildman–Crippen LogP) is 7.81. The van der Waals surface area contributed by atoms with E-state index in [1.807, 2.05) is 31.2 Å². The molecule has 0 saturated carbocycles. The van der Waals surface area contributed by atoms with Crippen molar-refractivity contribution in [3.05, 3.63) is 92.6 Å². The van der Waals surface area contributed by atoms with Crippen LogP contribution in [0.1, 0.15) is 20.3 Å². The van der Waals surface area contributed by atoms with Crippen LogP contribution < -0.4 is 0 Å². The van der Waals surface area contributed by atoms with Crippen LogP contribution in [0, 0.1) is 0 Å². The standard InChI is InChI=1S/C24H27Cl4NO4/c1-16(14-32-21-8-6-7-20(9-10-21)19(4)29-30-5)15-33-24(18(3)25)22(26)13-17(2)31-12-11-23(27)28/h6,8-11,13H,1,3,7,12,14-15H2,2,4-5H3/b17-13+,24-22-,29-19+. The fourth-order valence-electron chi connectivity index (χ4n) is 2.37. The minimum atomic E-state index is 0.116. The number of oxime groups is 1. The quantitative estimate of drug-likeness (QED) is 0.0794. The molecule has 0 amide bonds. The highest BCUT2D eigenvalue weighted by atomic mass is 35.5. The number of halogens is 4. The summed E-state index contributed by atoms with van der Waals surface area (Å²) in [5, 5.41) is 4.32. The van der Waals surface area contributed by atoms with Gasteiger partial charge in [-0.1, -0.05) is 76.9 Å². The van der Waals surface area contributed by atoms with Crippen molar-refractivity contribution in [2.24, 2.45) is 5.16 Å². The molecule has 0 atom stereocenters. The summed E-state index contributed by atoms with van der Waals surface area (Å²) >= 11 is 23.5. The summed E-state index contributed by atoms with van der Waals surface area (Å²) < 4.78 is 17.1. The number of hydrogen-bond donors (Lipinski definition) is 0. The third kappa shape index (κ3) is 12.1. The molecular weight excluding hydrogens is 508 g/mol. The second-order valence-electron chi connectivity index (χ2n) is 6.70. The first-order valence-corrected chi connectivity index (χ1v) is 11.3. The summed E-state index contributed by atoms with van der Waals surface area (Å²) in [4.78, 5) is 4.82. The van der Waals surface area contributed by atoms with Gasteiger partial charge in [0.25, 0.3) is 0 Å². The molecule has 0 aromatic heterocycles. The second kappa shape index (κ2) is 15.7. The molecule has 1 rings (SSSR count). The van der Waals surface area contributed by atoms with Crippen molar-refractivity contribution < 1.29 is 19.0 Å².